The highest BCUT2D eigenvalue weighted by Crippen LogP contribution is 2.39. The van der Waals surface area contributed by atoms with Crippen LogP contribution in [0.5, 0.6) is 5.75 Å². The number of nitrogens with zero attached hydrogens (tertiary/aromatic N) is 1. The molecule has 0 saturated carbocycles. The van der Waals surface area contributed by atoms with Gasteiger partial charge in [-0.05, 0) is 49.9 Å². The van der Waals surface area contributed by atoms with Crippen molar-refractivity contribution in [1.82, 2.24) is 4.31 Å². The van der Waals surface area contributed by atoms with E-state index in [-0.39, 0.29) is 28.8 Å². The van der Waals surface area contributed by atoms with E-state index in [1.807, 2.05) is 0 Å². The van der Waals surface area contributed by atoms with E-state index in [0.717, 1.165) is 12.8 Å². The normalized spacial score (nSPS) is 29.0. The summed E-state index contributed by atoms with van der Waals surface area (Å²) in [6.45, 7) is -2.93. The van der Waals surface area contributed by atoms with Crippen molar-refractivity contribution in [2.75, 3.05) is 0 Å². The minimum Gasteiger partial charge on any atom is -0.435 e. The number of benzene rings is 1. The fourth-order valence-corrected chi connectivity index (χ4v) is 5.37. The van der Waals surface area contributed by atoms with Crippen molar-refractivity contribution < 1.29 is 21.9 Å². The lowest BCUT2D eigenvalue weighted by molar-refractivity contribution is -0.0498. The van der Waals surface area contributed by atoms with E-state index < -0.39 is 16.6 Å². The Labute approximate surface area is 128 Å². The lowest BCUT2D eigenvalue weighted by Crippen LogP contribution is -2.49. The van der Waals surface area contributed by atoms with E-state index in [2.05, 4.69) is 4.74 Å². The Hall–Kier alpha value is -1.25. The van der Waals surface area contributed by atoms with E-state index in [9.17, 15) is 17.2 Å². The van der Waals surface area contributed by atoms with E-state index in [1.54, 1.807) is 4.31 Å². The second-order valence-corrected chi connectivity index (χ2v) is 7.64. The first-order chi connectivity index (χ1) is 10.4. The molecule has 8 heteroatoms. The molecule has 3 atom stereocenters. The Morgan fingerprint density at radius 2 is 1.68 bits per heavy atom. The summed E-state index contributed by atoms with van der Waals surface area (Å²) in [5.41, 5.74) is 5.96. The molecule has 2 fully saturated rings. The zero-order valence-electron chi connectivity index (χ0n) is 11.9. The van der Waals surface area contributed by atoms with Crippen LogP contribution in [0.2, 0.25) is 0 Å². The first kappa shape index (κ1) is 15.6. The molecule has 0 aromatic heterocycles. The second kappa shape index (κ2) is 5.75. The molecule has 2 N–H and O–H groups in total. The molecule has 22 heavy (non-hydrogen) atoms. The summed E-state index contributed by atoms with van der Waals surface area (Å²) in [6, 6.07) is 5.03. The average Bonchev–Trinajstić information content (AvgIpc) is 2.72. The van der Waals surface area contributed by atoms with Gasteiger partial charge in [-0.1, -0.05) is 0 Å². The number of ether oxygens (including phenoxy) is 1. The lowest BCUT2D eigenvalue weighted by Gasteiger charge is -2.36. The molecule has 0 amide bonds. The Morgan fingerprint density at radius 1 is 1.14 bits per heavy atom. The minimum atomic E-state index is -3.63. The second-order valence-electron chi connectivity index (χ2n) is 5.80. The van der Waals surface area contributed by atoms with Crippen molar-refractivity contribution in [3.05, 3.63) is 24.3 Å². The van der Waals surface area contributed by atoms with Crippen LogP contribution in [-0.4, -0.2) is 37.5 Å². The van der Waals surface area contributed by atoms with Crippen LogP contribution in [0.15, 0.2) is 29.2 Å². The summed E-state index contributed by atoms with van der Waals surface area (Å²) in [5.74, 6) is -0.0578. The third-order valence-corrected chi connectivity index (χ3v) is 6.35. The monoisotopic (exact) mass is 332 g/mol. The maximum atomic E-state index is 12.8. The summed E-state index contributed by atoms with van der Waals surface area (Å²) in [5, 5.41) is 0. The molecule has 0 radical (unpaired) electrons. The fraction of sp³-hybridized carbons (Fsp3) is 0.571. The van der Waals surface area contributed by atoms with Gasteiger partial charge in [0.1, 0.15) is 5.75 Å². The van der Waals surface area contributed by atoms with Crippen molar-refractivity contribution >= 4 is 10.0 Å². The third kappa shape index (κ3) is 2.82. The van der Waals surface area contributed by atoms with Crippen LogP contribution in [0.25, 0.3) is 0 Å². The van der Waals surface area contributed by atoms with Crippen LogP contribution in [0.3, 0.4) is 0 Å². The number of rotatable bonds is 4. The number of halogens is 2. The van der Waals surface area contributed by atoms with Gasteiger partial charge in [-0.3, -0.25) is 0 Å². The lowest BCUT2D eigenvalue weighted by atomic mass is 10.0. The van der Waals surface area contributed by atoms with Gasteiger partial charge in [0.15, 0.2) is 0 Å². The highest BCUT2D eigenvalue weighted by Gasteiger charge is 2.46. The Kier molecular flexibility index (Phi) is 4.09. The van der Waals surface area contributed by atoms with Crippen LogP contribution < -0.4 is 10.5 Å². The van der Waals surface area contributed by atoms with Gasteiger partial charge >= 0.3 is 6.61 Å². The Balaban J connectivity index is 1.84. The number of nitrogens with two attached hydrogens (primary N) is 1. The van der Waals surface area contributed by atoms with Crippen LogP contribution >= 0.6 is 0 Å². The van der Waals surface area contributed by atoms with Gasteiger partial charge in [0, 0.05) is 18.1 Å². The maximum Gasteiger partial charge on any atom is 0.387 e. The summed E-state index contributed by atoms with van der Waals surface area (Å²) in [7, 11) is -3.63. The standard InChI is InChI=1S/C14H18F2N2O3S/c15-14(16)21-12-3-5-13(6-4-12)22(19,20)18-10-1-2-11(18)8-9(17)7-10/h3-6,9-11,14H,1-2,7-8,17H2/t9-,10+,11-. The van der Waals surface area contributed by atoms with Gasteiger partial charge in [-0.15, -0.1) is 0 Å². The van der Waals surface area contributed by atoms with Crippen molar-refractivity contribution in [2.24, 2.45) is 5.73 Å². The molecular weight excluding hydrogens is 314 g/mol. The van der Waals surface area contributed by atoms with E-state index in [0.29, 0.717) is 12.8 Å². The molecule has 1 aromatic rings. The zero-order valence-corrected chi connectivity index (χ0v) is 12.7. The predicted octanol–water partition coefficient (Wildman–Crippen LogP) is 1.93. The average molecular weight is 332 g/mol. The van der Waals surface area contributed by atoms with Gasteiger partial charge in [0.05, 0.1) is 4.90 Å². The largest absolute Gasteiger partial charge is 0.435 e. The zero-order chi connectivity index (χ0) is 15.9. The SMILES string of the molecule is N[C@H]1C[C@H]2CC[C@@H](C1)N2S(=O)(=O)c1ccc(OC(F)F)cc1. The number of sulfonamides is 1. The van der Waals surface area contributed by atoms with Crippen LogP contribution in [0.1, 0.15) is 25.7 Å². The number of piperidine rings is 1. The Morgan fingerprint density at radius 3 is 2.18 bits per heavy atom. The first-order valence-corrected chi connectivity index (χ1v) is 8.66. The molecular formula is C14H18F2N2O3S. The van der Waals surface area contributed by atoms with Crippen molar-refractivity contribution in [3.63, 3.8) is 0 Å². The molecule has 2 heterocycles. The molecule has 5 nitrogen and oxygen atoms in total. The van der Waals surface area contributed by atoms with Gasteiger partial charge in [0.2, 0.25) is 10.0 Å². The van der Waals surface area contributed by atoms with Gasteiger partial charge in [0.25, 0.3) is 0 Å². The molecule has 0 unspecified atom stereocenters. The van der Waals surface area contributed by atoms with E-state index in [4.69, 9.17) is 5.73 Å². The van der Waals surface area contributed by atoms with Crippen molar-refractivity contribution in [1.29, 1.82) is 0 Å². The molecule has 1 aromatic carbocycles. The summed E-state index contributed by atoms with van der Waals surface area (Å²) >= 11 is 0. The van der Waals surface area contributed by atoms with Crippen molar-refractivity contribution in [2.45, 2.75) is 55.3 Å². The molecule has 0 spiro atoms. The number of hydrogen-bond acceptors (Lipinski definition) is 4. The number of fused-ring (bicyclic) bond motifs is 2. The first-order valence-electron chi connectivity index (χ1n) is 7.22. The third-order valence-electron chi connectivity index (χ3n) is 4.33. The van der Waals surface area contributed by atoms with Crippen LogP contribution in [0, 0.1) is 0 Å². The van der Waals surface area contributed by atoms with Crippen LogP contribution in [-0.2, 0) is 10.0 Å². The van der Waals surface area contributed by atoms with Gasteiger partial charge in [-0.25, -0.2) is 8.42 Å². The molecule has 2 bridgehead atoms. The highest BCUT2D eigenvalue weighted by molar-refractivity contribution is 7.89. The fourth-order valence-electron chi connectivity index (χ4n) is 3.48. The molecule has 2 saturated heterocycles. The predicted molar refractivity (Wildman–Crippen MR) is 76.1 cm³/mol. The van der Waals surface area contributed by atoms with E-state index in [1.165, 1.54) is 24.3 Å². The number of alkyl halides is 2. The highest BCUT2D eigenvalue weighted by atomic mass is 32.2. The molecule has 3 rings (SSSR count). The molecule has 0 aliphatic carbocycles. The summed E-state index contributed by atoms with van der Waals surface area (Å²) in [6.07, 6.45) is 2.99. The molecule has 2 aliphatic heterocycles. The smallest absolute Gasteiger partial charge is 0.387 e. The quantitative estimate of drug-likeness (QED) is 0.914. The van der Waals surface area contributed by atoms with Gasteiger partial charge in [-0.2, -0.15) is 13.1 Å². The maximum absolute atomic E-state index is 12.8. The molecule has 122 valence electrons. The minimum absolute atomic E-state index is 0.0470. The summed E-state index contributed by atoms with van der Waals surface area (Å²) < 4.78 is 55.6. The number of hydrogen-bond donors (Lipinski definition) is 1. The van der Waals surface area contributed by atoms with Crippen molar-refractivity contribution in [3.8, 4) is 5.75 Å². The molecule has 2 aliphatic rings. The van der Waals surface area contributed by atoms with E-state index >= 15 is 0 Å². The van der Waals surface area contributed by atoms with Gasteiger partial charge < -0.3 is 10.5 Å². The topological polar surface area (TPSA) is 72.6 Å². The van der Waals surface area contributed by atoms with Crippen LogP contribution in [0.4, 0.5) is 8.78 Å². The Bertz CT molecular complexity index is 622. The summed E-state index contributed by atoms with van der Waals surface area (Å²) in [4.78, 5) is 0.0986.